The highest BCUT2D eigenvalue weighted by molar-refractivity contribution is 5.62. The van der Waals surface area contributed by atoms with Crippen LogP contribution in [0, 0.1) is 6.92 Å². The molecule has 0 aliphatic carbocycles. The molecule has 0 fully saturated rings. The van der Waals surface area contributed by atoms with E-state index in [-0.39, 0.29) is 11.6 Å². The van der Waals surface area contributed by atoms with E-state index in [1.807, 2.05) is 30.3 Å². The number of aromatic nitrogens is 2. The Bertz CT molecular complexity index is 605. The zero-order valence-corrected chi connectivity index (χ0v) is 11.3. The summed E-state index contributed by atoms with van der Waals surface area (Å²) in [6.07, 6.45) is 1.76. The maximum atomic E-state index is 12.0. The first-order valence-corrected chi connectivity index (χ1v) is 6.55. The third-order valence-corrected chi connectivity index (χ3v) is 3.17. The van der Waals surface area contributed by atoms with Crippen LogP contribution in [0.2, 0.25) is 0 Å². The van der Waals surface area contributed by atoms with Crippen molar-refractivity contribution in [2.45, 2.75) is 32.7 Å². The van der Waals surface area contributed by atoms with Crippen LogP contribution in [0.5, 0.6) is 0 Å². The normalized spacial score (nSPS) is 12.4. The van der Waals surface area contributed by atoms with Gasteiger partial charge in [0.2, 0.25) is 0 Å². The number of hydrogen-bond acceptors (Lipinski definition) is 3. The van der Waals surface area contributed by atoms with Gasteiger partial charge in [0.15, 0.2) is 0 Å². The standard InChI is InChI=1S/C15H19N3O/c1-3-7-12(16)14-17-13(10(2)15(19)18-14)11-8-5-4-6-9-11/h4-6,8-9,12H,3,7,16H2,1-2H3,(H,17,18,19). The predicted molar refractivity (Wildman–Crippen MR) is 76.9 cm³/mol. The molecule has 1 unspecified atom stereocenters. The molecule has 1 atom stereocenters. The van der Waals surface area contributed by atoms with Crippen molar-refractivity contribution in [3.05, 3.63) is 52.1 Å². The van der Waals surface area contributed by atoms with E-state index < -0.39 is 0 Å². The first-order valence-electron chi connectivity index (χ1n) is 6.55. The Kier molecular flexibility index (Phi) is 4.12. The van der Waals surface area contributed by atoms with Gasteiger partial charge in [0, 0.05) is 11.1 Å². The van der Waals surface area contributed by atoms with Crippen LogP contribution in [0.4, 0.5) is 0 Å². The van der Waals surface area contributed by atoms with Crippen LogP contribution in [0.3, 0.4) is 0 Å². The number of nitrogens with zero attached hydrogens (tertiary/aromatic N) is 1. The van der Waals surface area contributed by atoms with Crippen LogP contribution in [-0.4, -0.2) is 9.97 Å². The molecule has 100 valence electrons. The van der Waals surface area contributed by atoms with Gasteiger partial charge in [-0.2, -0.15) is 0 Å². The summed E-state index contributed by atoms with van der Waals surface area (Å²) in [5.41, 5.74) is 8.20. The minimum atomic E-state index is -0.222. The Labute approximate surface area is 112 Å². The lowest BCUT2D eigenvalue weighted by molar-refractivity contribution is 0.599. The van der Waals surface area contributed by atoms with E-state index in [2.05, 4.69) is 16.9 Å². The predicted octanol–water partition coefficient (Wildman–Crippen LogP) is 2.55. The molecule has 0 spiro atoms. The van der Waals surface area contributed by atoms with Gasteiger partial charge in [-0.25, -0.2) is 4.98 Å². The molecule has 4 heteroatoms. The second kappa shape index (κ2) is 5.80. The molecule has 0 radical (unpaired) electrons. The highest BCUT2D eigenvalue weighted by atomic mass is 16.1. The molecule has 3 N–H and O–H groups in total. The smallest absolute Gasteiger partial charge is 0.254 e. The lowest BCUT2D eigenvalue weighted by Gasteiger charge is -2.12. The van der Waals surface area contributed by atoms with Crippen molar-refractivity contribution in [2.24, 2.45) is 5.73 Å². The Balaban J connectivity index is 2.52. The van der Waals surface area contributed by atoms with Gasteiger partial charge < -0.3 is 10.7 Å². The number of aromatic amines is 1. The fourth-order valence-electron chi connectivity index (χ4n) is 2.05. The molecule has 1 aromatic heterocycles. The number of benzene rings is 1. The molecule has 1 aromatic carbocycles. The first kappa shape index (κ1) is 13.5. The molecule has 2 aromatic rings. The fraction of sp³-hybridized carbons (Fsp3) is 0.333. The zero-order chi connectivity index (χ0) is 13.8. The highest BCUT2D eigenvalue weighted by Gasteiger charge is 2.13. The molecule has 19 heavy (non-hydrogen) atoms. The van der Waals surface area contributed by atoms with Crippen molar-refractivity contribution in [3.8, 4) is 11.3 Å². The highest BCUT2D eigenvalue weighted by Crippen LogP contribution is 2.20. The third-order valence-electron chi connectivity index (χ3n) is 3.17. The number of nitrogens with one attached hydrogen (secondary N) is 1. The summed E-state index contributed by atoms with van der Waals surface area (Å²) >= 11 is 0. The van der Waals surface area contributed by atoms with Gasteiger partial charge in [-0.3, -0.25) is 4.79 Å². The molecule has 0 aliphatic rings. The summed E-state index contributed by atoms with van der Waals surface area (Å²) < 4.78 is 0. The van der Waals surface area contributed by atoms with Gasteiger partial charge in [-0.15, -0.1) is 0 Å². The van der Waals surface area contributed by atoms with Gasteiger partial charge >= 0.3 is 0 Å². The second-order valence-electron chi connectivity index (χ2n) is 4.69. The van der Waals surface area contributed by atoms with Gasteiger partial charge in [-0.05, 0) is 13.3 Å². The maximum absolute atomic E-state index is 12.0. The van der Waals surface area contributed by atoms with E-state index in [0.29, 0.717) is 17.1 Å². The van der Waals surface area contributed by atoms with Crippen LogP contribution >= 0.6 is 0 Å². The van der Waals surface area contributed by atoms with Gasteiger partial charge in [-0.1, -0.05) is 43.7 Å². The van der Waals surface area contributed by atoms with Crippen molar-refractivity contribution in [2.75, 3.05) is 0 Å². The van der Waals surface area contributed by atoms with Crippen molar-refractivity contribution >= 4 is 0 Å². The van der Waals surface area contributed by atoms with Gasteiger partial charge in [0.1, 0.15) is 5.82 Å². The Morgan fingerprint density at radius 3 is 2.63 bits per heavy atom. The van der Waals surface area contributed by atoms with Crippen molar-refractivity contribution < 1.29 is 0 Å². The largest absolute Gasteiger partial charge is 0.321 e. The molecule has 2 rings (SSSR count). The molecule has 0 bridgehead atoms. The van der Waals surface area contributed by atoms with Crippen LogP contribution in [0.1, 0.15) is 37.2 Å². The van der Waals surface area contributed by atoms with Crippen molar-refractivity contribution in [1.29, 1.82) is 0 Å². The van der Waals surface area contributed by atoms with E-state index in [0.717, 1.165) is 18.4 Å². The SMILES string of the molecule is CCCC(N)c1nc(-c2ccccc2)c(C)c(=O)[nH]1. The molecule has 0 amide bonds. The summed E-state index contributed by atoms with van der Waals surface area (Å²) in [6.45, 7) is 3.84. The monoisotopic (exact) mass is 257 g/mol. The average molecular weight is 257 g/mol. The topological polar surface area (TPSA) is 71.8 Å². The number of hydrogen-bond donors (Lipinski definition) is 2. The Morgan fingerprint density at radius 1 is 1.32 bits per heavy atom. The molecular formula is C15H19N3O. The number of rotatable bonds is 4. The lowest BCUT2D eigenvalue weighted by atomic mass is 10.1. The average Bonchev–Trinajstić information content (AvgIpc) is 2.43. The summed E-state index contributed by atoms with van der Waals surface area (Å²) in [7, 11) is 0. The zero-order valence-electron chi connectivity index (χ0n) is 11.3. The number of nitrogens with two attached hydrogens (primary N) is 1. The molecule has 0 saturated carbocycles. The van der Waals surface area contributed by atoms with E-state index in [4.69, 9.17) is 5.73 Å². The van der Waals surface area contributed by atoms with E-state index in [1.165, 1.54) is 0 Å². The minimum Gasteiger partial charge on any atom is -0.321 e. The van der Waals surface area contributed by atoms with E-state index in [1.54, 1.807) is 6.92 Å². The van der Waals surface area contributed by atoms with E-state index >= 15 is 0 Å². The summed E-state index contributed by atoms with van der Waals surface area (Å²) in [6, 6.07) is 9.48. The molecule has 1 heterocycles. The maximum Gasteiger partial charge on any atom is 0.254 e. The first-order chi connectivity index (χ1) is 9.13. The van der Waals surface area contributed by atoms with Crippen LogP contribution in [-0.2, 0) is 0 Å². The minimum absolute atomic E-state index is 0.115. The van der Waals surface area contributed by atoms with Crippen molar-refractivity contribution in [3.63, 3.8) is 0 Å². The number of H-pyrrole nitrogens is 1. The summed E-state index contributed by atoms with van der Waals surface area (Å²) in [4.78, 5) is 19.3. The Hall–Kier alpha value is -1.94. The summed E-state index contributed by atoms with van der Waals surface area (Å²) in [5.74, 6) is 0.566. The molecule has 4 nitrogen and oxygen atoms in total. The molecular weight excluding hydrogens is 238 g/mol. The lowest BCUT2D eigenvalue weighted by Crippen LogP contribution is -2.22. The Morgan fingerprint density at radius 2 is 2.00 bits per heavy atom. The quantitative estimate of drug-likeness (QED) is 0.884. The van der Waals surface area contributed by atoms with Crippen LogP contribution < -0.4 is 11.3 Å². The van der Waals surface area contributed by atoms with Crippen molar-refractivity contribution in [1.82, 2.24) is 9.97 Å². The molecule has 0 saturated heterocycles. The summed E-state index contributed by atoms with van der Waals surface area (Å²) in [5, 5.41) is 0. The molecule has 0 aliphatic heterocycles. The van der Waals surface area contributed by atoms with Crippen LogP contribution in [0.25, 0.3) is 11.3 Å². The van der Waals surface area contributed by atoms with Gasteiger partial charge in [0.25, 0.3) is 5.56 Å². The van der Waals surface area contributed by atoms with Crippen LogP contribution in [0.15, 0.2) is 35.1 Å². The fourth-order valence-corrected chi connectivity index (χ4v) is 2.05. The third kappa shape index (κ3) is 2.90. The second-order valence-corrected chi connectivity index (χ2v) is 4.69. The van der Waals surface area contributed by atoms with Gasteiger partial charge in [0.05, 0.1) is 11.7 Å². The van der Waals surface area contributed by atoms with E-state index in [9.17, 15) is 4.79 Å².